The Morgan fingerprint density at radius 3 is 2.64 bits per heavy atom. The van der Waals surface area contributed by atoms with Gasteiger partial charge in [-0.15, -0.1) is 10.2 Å². The van der Waals surface area contributed by atoms with Crippen molar-refractivity contribution in [2.75, 3.05) is 38.3 Å². The zero-order chi connectivity index (χ0) is 20.1. The zero-order valence-corrected chi connectivity index (χ0v) is 16.1. The summed E-state index contributed by atoms with van der Waals surface area (Å²) in [5.41, 5.74) is 1.07. The Morgan fingerprint density at radius 2 is 2.04 bits per heavy atom. The number of rotatable bonds is 7. The quantitative estimate of drug-likeness (QED) is 0.642. The van der Waals surface area contributed by atoms with E-state index in [0.717, 1.165) is 19.4 Å². The Hall–Kier alpha value is -3.32. The van der Waals surface area contributed by atoms with Crippen LogP contribution in [0.4, 0.5) is 17.3 Å². The van der Waals surface area contributed by atoms with Crippen molar-refractivity contribution in [3.63, 3.8) is 0 Å². The minimum atomic E-state index is -0.306. The molecule has 10 heteroatoms. The second-order valence-electron chi connectivity index (χ2n) is 6.93. The van der Waals surface area contributed by atoms with Crippen molar-refractivity contribution >= 4 is 23.2 Å². The first-order chi connectivity index (χ1) is 13.5. The number of carbonyl (C=O) groups is 1. The molecule has 0 aliphatic heterocycles. The van der Waals surface area contributed by atoms with E-state index in [-0.39, 0.29) is 17.3 Å². The number of anilines is 3. The first-order valence-electron chi connectivity index (χ1n) is 8.99. The molecule has 1 fully saturated rings. The SMILES string of the molecule is CNC(=O)c1nnc(Nc2cnc(C#N)cn2)cc1NCC1CC(N(C)C)C1. The average molecular weight is 381 g/mol. The Bertz CT molecular complexity index is 870. The summed E-state index contributed by atoms with van der Waals surface area (Å²) in [4.78, 5) is 22.4. The van der Waals surface area contributed by atoms with E-state index in [1.165, 1.54) is 12.4 Å². The Morgan fingerprint density at radius 1 is 1.25 bits per heavy atom. The number of amides is 1. The summed E-state index contributed by atoms with van der Waals surface area (Å²) >= 11 is 0. The summed E-state index contributed by atoms with van der Waals surface area (Å²) in [6.07, 6.45) is 5.06. The van der Waals surface area contributed by atoms with Crippen LogP contribution < -0.4 is 16.0 Å². The van der Waals surface area contributed by atoms with Gasteiger partial charge in [0.15, 0.2) is 17.2 Å². The molecule has 0 spiro atoms. The van der Waals surface area contributed by atoms with Crippen molar-refractivity contribution in [3.05, 3.63) is 29.8 Å². The fraction of sp³-hybridized carbons (Fsp3) is 0.444. The van der Waals surface area contributed by atoms with Gasteiger partial charge in [-0.1, -0.05) is 0 Å². The Balaban J connectivity index is 1.71. The van der Waals surface area contributed by atoms with E-state index in [9.17, 15) is 4.79 Å². The van der Waals surface area contributed by atoms with E-state index < -0.39 is 0 Å². The maximum absolute atomic E-state index is 12.1. The maximum atomic E-state index is 12.1. The third-order valence-corrected chi connectivity index (χ3v) is 4.78. The van der Waals surface area contributed by atoms with Crippen LogP contribution in [0.1, 0.15) is 29.0 Å². The van der Waals surface area contributed by atoms with Crippen molar-refractivity contribution in [3.8, 4) is 6.07 Å². The van der Waals surface area contributed by atoms with Crippen molar-refractivity contribution in [1.82, 2.24) is 30.4 Å². The molecule has 2 aromatic heterocycles. The minimum Gasteiger partial charge on any atom is -0.383 e. The molecule has 0 saturated heterocycles. The summed E-state index contributed by atoms with van der Waals surface area (Å²) in [5, 5.41) is 25.8. The van der Waals surface area contributed by atoms with Crippen molar-refractivity contribution in [2.45, 2.75) is 18.9 Å². The van der Waals surface area contributed by atoms with Crippen LogP contribution in [-0.4, -0.2) is 64.7 Å². The van der Waals surface area contributed by atoms with Gasteiger partial charge in [-0.3, -0.25) is 4.79 Å². The van der Waals surface area contributed by atoms with Gasteiger partial charge in [0.25, 0.3) is 5.91 Å². The van der Waals surface area contributed by atoms with E-state index in [2.05, 4.69) is 55.1 Å². The van der Waals surface area contributed by atoms with Gasteiger partial charge in [0, 0.05) is 25.7 Å². The number of nitrogens with zero attached hydrogens (tertiary/aromatic N) is 6. The number of hydrogen-bond acceptors (Lipinski definition) is 9. The number of hydrogen-bond donors (Lipinski definition) is 3. The van der Waals surface area contributed by atoms with Crippen LogP contribution in [0.5, 0.6) is 0 Å². The van der Waals surface area contributed by atoms with Gasteiger partial charge in [-0.05, 0) is 32.9 Å². The molecule has 2 aromatic rings. The van der Waals surface area contributed by atoms with Crippen LogP contribution in [0.15, 0.2) is 18.5 Å². The number of nitriles is 1. The van der Waals surface area contributed by atoms with E-state index in [4.69, 9.17) is 5.26 Å². The van der Waals surface area contributed by atoms with Crippen molar-refractivity contribution in [2.24, 2.45) is 5.92 Å². The molecule has 3 N–H and O–H groups in total. The van der Waals surface area contributed by atoms with E-state index >= 15 is 0 Å². The molecule has 1 aliphatic carbocycles. The molecule has 0 aromatic carbocycles. The van der Waals surface area contributed by atoms with Gasteiger partial charge >= 0.3 is 0 Å². The van der Waals surface area contributed by atoms with Crippen LogP contribution in [0.2, 0.25) is 0 Å². The standard InChI is InChI=1S/C18H23N9O/c1-20-18(28)17-14(22-8-11-4-13(5-11)27(2)3)6-15(25-26-17)24-16-10-21-12(7-19)9-23-16/h6,9-11,13H,4-5,8H2,1-3H3,(H,20,28)(H2,22,23,24,25). The van der Waals surface area contributed by atoms with E-state index in [1.807, 2.05) is 6.07 Å². The number of nitrogens with one attached hydrogen (secondary N) is 3. The topological polar surface area (TPSA) is 132 Å². The molecule has 10 nitrogen and oxygen atoms in total. The van der Waals surface area contributed by atoms with Gasteiger partial charge < -0.3 is 20.9 Å². The van der Waals surface area contributed by atoms with Gasteiger partial charge in [0.2, 0.25) is 0 Å². The lowest BCUT2D eigenvalue weighted by Crippen LogP contribution is -2.42. The monoisotopic (exact) mass is 381 g/mol. The lowest BCUT2D eigenvalue weighted by molar-refractivity contribution is 0.0958. The highest BCUT2D eigenvalue weighted by atomic mass is 16.1. The summed E-state index contributed by atoms with van der Waals surface area (Å²) < 4.78 is 0. The fourth-order valence-electron chi connectivity index (χ4n) is 3.00. The Kier molecular flexibility index (Phi) is 5.96. The van der Waals surface area contributed by atoms with Gasteiger partial charge in [0.1, 0.15) is 11.9 Å². The highest BCUT2D eigenvalue weighted by Gasteiger charge is 2.30. The smallest absolute Gasteiger partial charge is 0.273 e. The third kappa shape index (κ3) is 4.50. The van der Waals surface area contributed by atoms with Crippen LogP contribution >= 0.6 is 0 Å². The molecule has 0 bridgehead atoms. The number of aromatic nitrogens is 4. The van der Waals surface area contributed by atoms with Crippen molar-refractivity contribution < 1.29 is 4.79 Å². The van der Waals surface area contributed by atoms with Crippen molar-refractivity contribution in [1.29, 1.82) is 5.26 Å². The normalized spacial score (nSPS) is 18.1. The molecule has 1 amide bonds. The molecule has 0 atom stereocenters. The molecule has 28 heavy (non-hydrogen) atoms. The number of carbonyl (C=O) groups excluding carboxylic acids is 1. The van der Waals surface area contributed by atoms with Crippen LogP contribution in [0.25, 0.3) is 0 Å². The lowest BCUT2D eigenvalue weighted by Gasteiger charge is -2.39. The molecule has 0 unspecified atom stereocenters. The van der Waals surface area contributed by atoms with Crippen LogP contribution in [-0.2, 0) is 0 Å². The van der Waals surface area contributed by atoms with Crippen LogP contribution in [0, 0.1) is 17.2 Å². The summed E-state index contributed by atoms with van der Waals surface area (Å²) in [5.74, 6) is 1.10. The van der Waals surface area contributed by atoms with Gasteiger partial charge in [-0.2, -0.15) is 5.26 Å². The van der Waals surface area contributed by atoms with Gasteiger partial charge in [-0.25, -0.2) is 9.97 Å². The fourth-order valence-corrected chi connectivity index (χ4v) is 3.00. The molecular formula is C18H23N9O. The predicted molar refractivity (Wildman–Crippen MR) is 104 cm³/mol. The largest absolute Gasteiger partial charge is 0.383 e. The summed E-state index contributed by atoms with van der Waals surface area (Å²) in [7, 11) is 5.74. The maximum Gasteiger partial charge on any atom is 0.273 e. The second kappa shape index (κ2) is 8.58. The molecule has 1 saturated carbocycles. The molecule has 0 radical (unpaired) electrons. The third-order valence-electron chi connectivity index (χ3n) is 4.78. The first kappa shape index (κ1) is 19.4. The van der Waals surface area contributed by atoms with Gasteiger partial charge in [0.05, 0.1) is 18.1 Å². The summed E-state index contributed by atoms with van der Waals surface area (Å²) in [6, 6.07) is 4.26. The highest BCUT2D eigenvalue weighted by molar-refractivity contribution is 5.97. The molecule has 3 rings (SSSR count). The van der Waals surface area contributed by atoms with E-state index in [0.29, 0.717) is 29.3 Å². The van der Waals surface area contributed by atoms with Crippen LogP contribution in [0.3, 0.4) is 0 Å². The molecular weight excluding hydrogens is 358 g/mol. The first-order valence-corrected chi connectivity index (χ1v) is 8.99. The lowest BCUT2D eigenvalue weighted by atomic mass is 9.79. The minimum absolute atomic E-state index is 0.227. The molecule has 1 aliphatic rings. The summed E-state index contributed by atoms with van der Waals surface area (Å²) in [6.45, 7) is 0.760. The Labute approximate surface area is 163 Å². The molecule has 146 valence electrons. The highest BCUT2D eigenvalue weighted by Crippen LogP contribution is 2.31. The van der Waals surface area contributed by atoms with E-state index in [1.54, 1.807) is 13.1 Å². The second-order valence-corrected chi connectivity index (χ2v) is 6.93. The molecule has 2 heterocycles. The predicted octanol–water partition coefficient (Wildman–Crippen LogP) is 0.994. The zero-order valence-electron chi connectivity index (χ0n) is 16.1. The average Bonchev–Trinajstić information content (AvgIpc) is 2.66.